The highest BCUT2D eigenvalue weighted by Crippen LogP contribution is 2.31. The molecule has 2 aromatic carbocycles. The number of rotatable bonds is 17. The fourth-order valence-electron chi connectivity index (χ4n) is 6.73. The predicted molar refractivity (Wildman–Crippen MR) is 228 cm³/mol. The van der Waals surface area contributed by atoms with Crippen molar-refractivity contribution in [3.05, 3.63) is 69.8 Å². The van der Waals surface area contributed by atoms with Crippen molar-refractivity contribution in [1.29, 1.82) is 0 Å². The number of nitrogens with two attached hydrogens (primary N) is 1. The van der Waals surface area contributed by atoms with Crippen LogP contribution < -0.4 is 26.4 Å². The molecule has 0 bridgehead atoms. The minimum absolute atomic E-state index is 0.00196. The standard InChI is InChI=1S/C43H59ClN6O8S/c1-25(27-15-17-29(18-16-27)37-26(2)46-24-59-37)47-39(54)32-21-31(51)22-50(32)40(55)38(42(3,4)5)49-35(53)14-10-12-28-11-9-13-33(36(28)44)57-23-30(19-20-34(45)52)48-41(56)58-43(6,7)8/h9,11,13,15-18,24-25,30-32,38,51H,10,12,14,19-23H2,1-8H3,(H2,45,52)(H,47,54)(H,48,56)(H,49,53)/t25-,30-,31+,32-,38+/m0/s1. The van der Waals surface area contributed by atoms with Crippen LogP contribution in [0.1, 0.15) is 103 Å². The zero-order valence-electron chi connectivity index (χ0n) is 35.2. The molecule has 0 spiro atoms. The molecule has 0 saturated carbocycles. The van der Waals surface area contributed by atoms with E-state index in [2.05, 4.69) is 20.9 Å². The molecule has 5 amide bonds. The SMILES string of the molecule is Cc1ncsc1-c1ccc([C@H](C)NC(=O)[C@@H]2C[C@@H](O)CN2C(=O)[C@@H](NC(=O)CCCc2cccc(OC[C@H](CCC(N)=O)NC(=O)OC(C)(C)C)c2Cl)C(C)(C)C)cc1. The third-order valence-corrected chi connectivity index (χ3v) is 11.3. The van der Waals surface area contributed by atoms with Gasteiger partial charge in [-0.15, -0.1) is 11.3 Å². The number of ether oxygens (including phenoxy) is 2. The van der Waals surface area contributed by atoms with Gasteiger partial charge in [-0.05, 0) is 82.1 Å². The van der Waals surface area contributed by atoms with E-state index < -0.39 is 53.2 Å². The van der Waals surface area contributed by atoms with Crippen molar-refractivity contribution < 1.29 is 38.6 Å². The third-order valence-electron chi connectivity index (χ3n) is 9.85. The van der Waals surface area contributed by atoms with Crippen molar-refractivity contribution in [2.45, 2.75) is 130 Å². The number of carbonyl (C=O) groups excluding carboxylic acids is 5. The fourth-order valence-corrected chi connectivity index (χ4v) is 7.81. The van der Waals surface area contributed by atoms with E-state index in [9.17, 15) is 29.1 Å². The molecule has 2 heterocycles. The number of β-amino-alcohol motifs (C(OH)–C–C–N with tert-alkyl or cyclic N) is 1. The summed E-state index contributed by atoms with van der Waals surface area (Å²) < 4.78 is 11.3. The Morgan fingerprint density at radius 1 is 1.02 bits per heavy atom. The van der Waals surface area contributed by atoms with Gasteiger partial charge in [-0.3, -0.25) is 19.2 Å². The second-order valence-corrected chi connectivity index (χ2v) is 18.4. The maximum atomic E-state index is 14.1. The maximum absolute atomic E-state index is 14.1. The summed E-state index contributed by atoms with van der Waals surface area (Å²) in [6, 6.07) is 10.3. The first-order chi connectivity index (χ1) is 27.6. The average molecular weight is 855 g/mol. The number of nitrogens with zero attached hydrogens (tertiary/aromatic N) is 2. The molecule has 1 aliphatic heterocycles. The highest BCUT2D eigenvalue weighted by Gasteiger charge is 2.44. The monoisotopic (exact) mass is 854 g/mol. The van der Waals surface area contributed by atoms with Crippen molar-refractivity contribution in [2.75, 3.05) is 13.2 Å². The summed E-state index contributed by atoms with van der Waals surface area (Å²) in [5.74, 6) is -1.33. The molecule has 322 valence electrons. The Kier molecular flexibility index (Phi) is 16.3. The second kappa shape index (κ2) is 20.5. The molecule has 1 fully saturated rings. The summed E-state index contributed by atoms with van der Waals surface area (Å²) in [6.45, 7) is 14.5. The number of carbonyl (C=O) groups is 5. The van der Waals surface area contributed by atoms with E-state index in [0.29, 0.717) is 23.6 Å². The minimum atomic E-state index is -0.965. The van der Waals surface area contributed by atoms with Crippen LogP contribution >= 0.6 is 22.9 Å². The molecule has 5 atom stereocenters. The number of likely N-dealkylation sites (tertiary alicyclic amines) is 1. The molecule has 14 nitrogen and oxygen atoms in total. The first kappa shape index (κ1) is 47.0. The number of amides is 5. The number of halogens is 1. The highest BCUT2D eigenvalue weighted by molar-refractivity contribution is 7.13. The maximum Gasteiger partial charge on any atom is 0.407 e. The van der Waals surface area contributed by atoms with E-state index in [-0.39, 0.29) is 56.7 Å². The van der Waals surface area contributed by atoms with E-state index in [1.807, 2.05) is 70.5 Å². The highest BCUT2D eigenvalue weighted by atomic mass is 35.5. The number of primary amides is 1. The Hall–Kier alpha value is -4.73. The molecule has 0 aliphatic carbocycles. The van der Waals surface area contributed by atoms with Crippen molar-refractivity contribution in [1.82, 2.24) is 25.8 Å². The molecule has 1 aromatic heterocycles. The van der Waals surface area contributed by atoms with E-state index >= 15 is 0 Å². The van der Waals surface area contributed by atoms with Crippen LogP contribution in [0.3, 0.4) is 0 Å². The number of hydrogen-bond acceptors (Lipinski definition) is 10. The first-order valence-electron chi connectivity index (χ1n) is 19.9. The molecule has 4 rings (SSSR count). The van der Waals surface area contributed by atoms with Gasteiger partial charge in [0.25, 0.3) is 0 Å². The van der Waals surface area contributed by atoms with Crippen LogP contribution in [0.5, 0.6) is 5.75 Å². The van der Waals surface area contributed by atoms with Crippen molar-refractivity contribution in [3.8, 4) is 16.2 Å². The van der Waals surface area contributed by atoms with E-state index in [4.69, 9.17) is 26.8 Å². The normalized spacial score (nSPS) is 17.1. The summed E-state index contributed by atoms with van der Waals surface area (Å²) in [5, 5.41) is 19.6. The van der Waals surface area contributed by atoms with Crippen molar-refractivity contribution in [2.24, 2.45) is 11.1 Å². The molecule has 59 heavy (non-hydrogen) atoms. The van der Waals surface area contributed by atoms with Gasteiger partial charge in [-0.1, -0.05) is 68.8 Å². The first-order valence-corrected chi connectivity index (χ1v) is 21.2. The van der Waals surface area contributed by atoms with E-state index in [1.54, 1.807) is 44.2 Å². The van der Waals surface area contributed by atoms with Gasteiger partial charge in [-0.2, -0.15) is 0 Å². The number of hydrogen-bond donors (Lipinski definition) is 5. The van der Waals surface area contributed by atoms with Gasteiger partial charge in [0.05, 0.1) is 39.3 Å². The van der Waals surface area contributed by atoms with Crippen LogP contribution in [0.25, 0.3) is 10.4 Å². The Balaban J connectivity index is 1.34. The third kappa shape index (κ3) is 13.9. The smallest absolute Gasteiger partial charge is 0.407 e. The number of thiazole rings is 1. The lowest BCUT2D eigenvalue weighted by Gasteiger charge is -2.35. The average Bonchev–Trinajstić information content (AvgIpc) is 3.76. The van der Waals surface area contributed by atoms with Gasteiger partial charge >= 0.3 is 6.09 Å². The summed E-state index contributed by atoms with van der Waals surface area (Å²) in [6.07, 6.45) is -0.301. The summed E-state index contributed by atoms with van der Waals surface area (Å²) in [7, 11) is 0. The molecule has 1 saturated heterocycles. The van der Waals surface area contributed by atoms with Crippen LogP contribution in [-0.2, 0) is 30.3 Å². The lowest BCUT2D eigenvalue weighted by atomic mass is 9.85. The van der Waals surface area contributed by atoms with Gasteiger partial charge in [0.15, 0.2) is 0 Å². The lowest BCUT2D eigenvalue weighted by molar-refractivity contribution is -0.144. The van der Waals surface area contributed by atoms with Gasteiger partial charge in [-0.25, -0.2) is 9.78 Å². The summed E-state index contributed by atoms with van der Waals surface area (Å²) in [5.41, 5.74) is 9.33. The summed E-state index contributed by atoms with van der Waals surface area (Å²) in [4.78, 5) is 71.8. The fraction of sp³-hybridized carbons (Fsp3) is 0.535. The lowest BCUT2D eigenvalue weighted by Crippen LogP contribution is -2.57. The Morgan fingerprint density at radius 3 is 2.32 bits per heavy atom. The second-order valence-electron chi connectivity index (χ2n) is 17.1. The zero-order chi connectivity index (χ0) is 43.7. The van der Waals surface area contributed by atoms with Crippen molar-refractivity contribution in [3.63, 3.8) is 0 Å². The topological polar surface area (TPSA) is 202 Å². The molecular weight excluding hydrogens is 796 g/mol. The largest absolute Gasteiger partial charge is 0.490 e. The number of aliphatic hydroxyl groups is 1. The van der Waals surface area contributed by atoms with Gasteiger partial charge < -0.3 is 41.2 Å². The Labute approximate surface area is 355 Å². The van der Waals surface area contributed by atoms with Crippen molar-refractivity contribution >= 4 is 52.7 Å². The number of benzene rings is 2. The van der Waals surface area contributed by atoms with Gasteiger partial charge in [0.1, 0.15) is 30.0 Å². The number of aryl methyl sites for hydroxylation is 2. The number of aliphatic hydroxyl groups excluding tert-OH is 1. The Morgan fingerprint density at radius 2 is 1.71 bits per heavy atom. The van der Waals surface area contributed by atoms with Crippen LogP contribution in [0.4, 0.5) is 4.79 Å². The van der Waals surface area contributed by atoms with Crippen LogP contribution in [0.15, 0.2) is 48.0 Å². The van der Waals surface area contributed by atoms with Crippen LogP contribution in [0, 0.1) is 12.3 Å². The molecular formula is C43H59ClN6O8S. The van der Waals surface area contributed by atoms with Gasteiger partial charge in [0.2, 0.25) is 23.6 Å². The number of alkyl carbamates (subject to hydrolysis) is 1. The van der Waals surface area contributed by atoms with Crippen LogP contribution in [-0.4, -0.2) is 87.7 Å². The molecule has 6 N–H and O–H groups in total. The summed E-state index contributed by atoms with van der Waals surface area (Å²) >= 11 is 8.28. The molecule has 1 aliphatic rings. The van der Waals surface area contributed by atoms with Crippen LogP contribution in [0.2, 0.25) is 5.02 Å². The quantitative estimate of drug-likeness (QED) is 0.108. The molecule has 0 unspecified atom stereocenters. The molecule has 3 aromatic rings. The zero-order valence-corrected chi connectivity index (χ0v) is 36.8. The van der Waals surface area contributed by atoms with E-state index in [1.165, 1.54) is 4.90 Å². The van der Waals surface area contributed by atoms with E-state index in [0.717, 1.165) is 27.3 Å². The predicted octanol–water partition coefficient (Wildman–Crippen LogP) is 6.00. The number of nitrogens with one attached hydrogen (secondary N) is 3. The van der Waals surface area contributed by atoms with Gasteiger partial charge in [0, 0.05) is 25.8 Å². The Bertz CT molecular complexity index is 1940. The molecule has 0 radical (unpaired) electrons. The molecule has 16 heteroatoms. The number of aromatic nitrogens is 1. The minimum Gasteiger partial charge on any atom is -0.490 e.